The van der Waals surface area contributed by atoms with Gasteiger partial charge < -0.3 is 10.6 Å². The number of nitrogens with two attached hydrogens (primary N) is 1. The Morgan fingerprint density at radius 3 is 2.75 bits per heavy atom. The van der Waals surface area contributed by atoms with Crippen LogP contribution in [0.5, 0.6) is 0 Å². The third-order valence-corrected chi connectivity index (χ3v) is 5.43. The molecule has 2 aliphatic rings. The first-order valence-electron chi connectivity index (χ1n) is 7.71. The molecule has 2 atom stereocenters. The van der Waals surface area contributed by atoms with Crippen molar-refractivity contribution in [2.45, 2.75) is 25.3 Å². The SMILES string of the molecule is NCC1CCN(C2CCCN(c3ccccc3Br)C2)C1. The molecule has 0 aromatic heterocycles. The molecule has 20 heavy (non-hydrogen) atoms. The normalized spacial score (nSPS) is 28.0. The van der Waals surface area contributed by atoms with Crippen molar-refractivity contribution in [3.05, 3.63) is 28.7 Å². The molecule has 2 unspecified atom stereocenters. The second-order valence-electron chi connectivity index (χ2n) is 6.08. The Hall–Kier alpha value is -0.580. The Bertz CT molecular complexity index is 451. The van der Waals surface area contributed by atoms with Gasteiger partial charge in [-0.25, -0.2) is 0 Å². The molecule has 0 aliphatic carbocycles. The fourth-order valence-electron chi connectivity index (χ4n) is 3.57. The molecule has 2 heterocycles. The van der Waals surface area contributed by atoms with Gasteiger partial charge in [0.25, 0.3) is 0 Å². The fourth-order valence-corrected chi connectivity index (χ4v) is 4.10. The lowest BCUT2D eigenvalue weighted by Crippen LogP contribution is -2.47. The highest BCUT2D eigenvalue weighted by molar-refractivity contribution is 9.10. The average Bonchev–Trinajstić information content (AvgIpc) is 2.97. The fraction of sp³-hybridized carbons (Fsp3) is 0.625. The molecule has 0 radical (unpaired) electrons. The second kappa shape index (κ2) is 6.46. The van der Waals surface area contributed by atoms with Crippen LogP contribution < -0.4 is 10.6 Å². The maximum Gasteiger partial charge on any atom is 0.0511 e. The molecule has 2 N–H and O–H groups in total. The molecule has 0 bridgehead atoms. The van der Waals surface area contributed by atoms with Crippen LogP contribution in [-0.2, 0) is 0 Å². The minimum atomic E-state index is 0.701. The van der Waals surface area contributed by atoms with Gasteiger partial charge in [-0.05, 0) is 66.3 Å². The highest BCUT2D eigenvalue weighted by atomic mass is 79.9. The number of likely N-dealkylation sites (tertiary alicyclic amines) is 1. The number of piperidine rings is 1. The summed E-state index contributed by atoms with van der Waals surface area (Å²) in [4.78, 5) is 5.20. The molecule has 3 rings (SSSR count). The zero-order valence-electron chi connectivity index (χ0n) is 12.0. The van der Waals surface area contributed by atoms with Gasteiger partial charge >= 0.3 is 0 Å². The predicted octanol–water partition coefficient (Wildman–Crippen LogP) is 2.70. The number of nitrogens with zero attached hydrogens (tertiary/aromatic N) is 2. The molecule has 3 nitrogen and oxygen atoms in total. The van der Waals surface area contributed by atoms with E-state index in [1.165, 1.54) is 49.1 Å². The van der Waals surface area contributed by atoms with Crippen LogP contribution in [0.1, 0.15) is 19.3 Å². The lowest BCUT2D eigenvalue weighted by Gasteiger charge is -2.39. The van der Waals surface area contributed by atoms with E-state index >= 15 is 0 Å². The molecule has 0 amide bonds. The van der Waals surface area contributed by atoms with Crippen LogP contribution in [-0.4, -0.2) is 43.7 Å². The third-order valence-electron chi connectivity index (χ3n) is 4.76. The Labute approximate surface area is 130 Å². The van der Waals surface area contributed by atoms with Crippen LogP contribution >= 0.6 is 15.9 Å². The first kappa shape index (κ1) is 14.4. The summed E-state index contributed by atoms with van der Waals surface area (Å²) < 4.78 is 1.21. The van der Waals surface area contributed by atoms with Crippen LogP contribution in [0.15, 0.2) is 28.7 Å². The smallest absolute Gasteiger partial charge is 0.0511 e. The molecule has 4 heteroatoms. The van der Waals surface area contributed by atoms with Crippen LogP contribution in [0.4, 0.5) is 5.69 Å². The molecule has 2 aliphatic heterocycles. The standard InChI is InChI=1S/C16H24BrN3/c17-15-5-1-2-6-16(15)20-8-3-4-14(12-20)19-9-7-13(10-18)11-19/h1-2,5-6,13-14H,3-4,7-12,18H2. The van der Waals surface area contributed by atoms with E-state index in [1.807, 2.05) is 0 Å². The van der Waals surface area contributed by atoms with Crippen molar-refractivity contribution in [3.63, 3.8) is 0 Å². The highest BCUT2D eigenvalue weighted by Gasteiger charge is 2.31. The van der Waals surface area contributed by atoms with Gasteiger partial charge in [-0.15, -0.1) is 0 Å². The lowest BCUT2D eigenvalue weighted by atomic mass is 10.0. The molecule has 1 aromatic rings. The van der Waals surface area contributed by atoms with E-state index in [2.05, 4.69) is 50.0 Å². The third kappa shape index (κ3) is 3.02. The van der Waals surface area contributed by atoms with E-state index in [-0.39, 0.29) is 0 Å². The maximum atomic E-state index is 5.82. The summed E-state index contributed by atoms with van der Waals surface area (Å²) in [6, 6.07) is 9.27. The lowest BCUT2D eigenvalue weighted by molar-refractivity contribution is 0.208. The maximum absolute atomic E-state index is 5.82. The number of benzene rings is 1. The first-order chi connectivity index (χ1) is 9.78. The van der Waals surface area contributed by atoms with Crippen LogP contribution in [0.3, 0.4) is 0 Å². The summed E-state index contributed by atoms with van der Waals surface area (Å²) >= 11 is 3.68. The molecule has 110 valence electrons. The molecule has 1 aromatic carbocycles. The van der Waals surface area contributed by atoms with Crippen LogP contribution in [0.25, 0.3) is 0 Å². The Balaban J connectivity index is 1.67. The number of para-hydroxylation sites is 1. The van der Waals surface area contributed by atoms with Gasteiger partial charge in [0.15, 0.2) is 0 Å². The Kier molecular flexibility index (Phi) is 4.64. The number of halogens is 1. The van der Waals surface area contributed by atoms with Crippen molar-refractivity contribution >= 4 is 21.6 Å². The monoisotopic (exact) mass is 337 g/mol. The zero-order chi connectivity index (χ0) is 13.9. The van der Waals surface area contributed by atoms with Gasteiger partial charge in [-0.1, -0.05) is 12.1 Å². The van der Waals surface area contributed by atoms with Crippen LogP contribution in [0.2, 0.25) is 0 Å². The average molecular weight is 338 g/mol. The summed E-state index contributed by atoms with van der Waals surface area (Å²) in [5, 5.41) is 0. The number of hydrogen-bond acceptors (Lipinski definition) is 3. The van der Waals surface area contributed by atoms with Crippen molar-refractivity contribution in [1.29, 1.82) is 0 Å². The van der Waals surface area contributed by atoms with E-state index in [9.17, 15) is 0 Å². The van der Waals surface area contributed by atoms with Gasteiger partial charge in [0.05, 0.1) is 5.69 Å². The minimum absolute atomic E-state index is 0.701. The number of hydrogen-bond donors (Lipinski definition) is 1. The van der Waals surface area contributed by atoms with E-state index < -0.39 is 0 Å². The first-order valence-corrected chi connectivity index (χ1v) is 8.51. The Morgan fingerprint density at radius 1 is 1.15 bits per heavy atom. The van der Waals surface area contributed by atoms with Crippen LogP contribution in [0, 0.1) is 5.92 Å². The molecule has 2 saturated heterocycles. The predicted molar refractivity (Wildman–Crippen MR) is 88.1 cm³/mol. The van der Waals surface area contributed by atoms with Crippen molar-refractivity contribution in [1.82, 2.24) is 4.90 Å². The zero-order valence-corrected chi connectivity index (χ0v) is 13.6. The number of anilines is 1. The van der Waals surface area contributed by atoms with E-state index in [0.29, 0.717) is 12.0 Å². The van der Waals surface area contributed by atoms with Gasteiger partial charge in [-0.2, -0.15) is 0 Å². The molecule has 2 fully saturated rings. The summed E-state index contributed by atoms with van der Waals surface area (Å²) in [6.07, 6.45) is 3.90. The summed E-state index contributed by atoms with van der Waals surface area (Å²) in [7, 11) is 0. The second-order valence-corrected chi connectivity index (χ2v) is 6.93. The topological polar surface area (TPSA) is 32.5 Å². The van der Waals surface area contributed by atoms with Crippen molar-refractivity contribution in [3.8, 4) is 0 Å². The molecule has 0 spiro atoms. The van der Waals surface area contributed by atoms with Crippen molar-refractivity contribution < 1.29 is 0 Å². The van der Waals surface area contributed by atoms with Gasteiger partial charge in [-0.3, -0.25) is 4.90 Å². The van der Waals surface area contributed by atoms with Gasteiger partial charge in [0.2, 0.25) is 0 Å². The summed E-state index contributed by atoms with van der Waals surface area (Å²) in [5.41, 5.74) is 7.16. The Morgan fingerprint density at radius 2 is 2.00 bits per heavy atom. The molecular weight excluding hydrogens is 314 g/mol. The number of rotatable bonds is 3. The van der Waals surface area contributed by atoms with E-state index in [4.69, 9.17) is 5.73 Å². The van der Waals surface area contributed by atoms with Crippen molar-refractivity contribution in [2.24, 2.45) is 11.7 Å². The van der Waals surface area contributed by atoms with E-state index in [0.717, 1.165) is 13.1 Å². The van der Waals surface area contributed by atoms with E-state index in [1.54, 1.807) is 0 Å². The molecular formula is C16H24BrN3. The highest BCUT2D eigenvalue weighted by Crippen LogP contribution is 2.30. The largest absolute Gasteiger partial charge is 0.369 e. The minimum Gasteiger partial charge on any atom is -0.369 e. The quantitative estimate of drug-likeness (QED) is 0.920. The van der Waals surface area contributed by atoms with Crippen molar-refractivity contribution in [2.75, 3.05) is 37.6 Å². The van der Waals surface area contributed by atoms with Gasteiger partial charge in [0, 0.05) is 30.1 Å². The summed E-state index contributed by atoms with van der Waals surface area (Å²) in [5.74, 6) is 0.717. The summed E-state index contributed by atoms with van der Waals surface area (Å²) in [6.45, 7) is 5.60. The van der Waals surface area contributed by atoms with Gasteiger partial charge in [0.1, 0.15) is 0 Å². The molecule has 0 saturated carbocycles.